The molecule has 6 heteroatoms. The largest absolute Gasteiger partial charge is 0.344 e. The molecular formula is C17H27FN4O. The van der Waals surface area contributed by atoms with Crippen LogP contribution in [0.5, 0.6) is 0 Å². The molecule has 23 heavy (non-hydrogen) atoms. The number of amides is 1. The van der Waals surface area contributed by atoms with Crippen molar-refractivity contribution in [3.8, 4) is 0 Å². The van der Waals surface area contributed by atoms with Gasteiger partial charge in [0.25, 0.3) is 5.91 Å². The summed E-state index contributed by atoms with van der Waals surface area (Å²) in [4.78, 5) is 20.8. The molecule has 1 aromatic rings. The molecule has 1 fully saturated rings. The third-order valence-corrected chi connectivity index (χ3v) is 4.46. The summed E-state index contributed by atoms with van der Waals surface area (Å²) in [5.74, 6) is -1.01. The number of hydrogen-bond donors (Lipinski definition) is 1. The first kappa shape index (κ1) is 17.8. The molecule has 1 saturated heterocycles. The molecule has 2 heterocycles. The van der Waals surface area contributed by atoms with E-state index in [1.165, 1.54) is 18.3 Å². The smallest absolute Gasteiger partial charge is 0.273 e. The Morgan fingerprint density at radius 2 is 2.09 bits per heavy atom. The predicted octanol–water partition coefficient (Wildman–Crippen LogP) is 1.76. The lowest BCUT2D eigenvalue weighted by molar-refractivity contribution is 0.0686. The quantitative estimate of drug-likeness (QED) is 0.897. The Morgan fingerprint density at radius 3 is 2.61 bits per heavy atom. The van der Waals surface area contributed by atoms with Crippen molar-refractivity contribution in [1.82, 2.24) is 20.1 Å². The second-order valence-corrected chi connectivity index (χ2v) is 6.94. The maximum absolute atomic E-state index is 13.8. The standard InChI is InChI=1S/C17H27FN4O/c1-13(2)22-10-7-17(8-11-22,12-21(3)4)20-16(23)15-14(18)6-5-9-19-15/h5-6,9,13H,7-8,10-12H2,1-4H3,(H,20,23). The zero-order valence-corrected chi connectivity index (χ0v) is 14.5. The topological polar surface area (TPSA) is 48.5 Å². The summed E-state index contributed by atoms with van der Waals surface area (Å²) < 4.78 is 13.8. The number of nitrogens with zero attached hydrogens (tertiary/aromatic N) is 3. The first-order valence-electron chi connectivity index (χ1n) is 8.15. The van der Waals surface area contributed by atoms with Gasteiger partial charge in [0, 0.05) is 31.9 Å². The van der Waals surface area contributed by atoms with E-state index in [1.807, 2.05) is 14.1 Å². The SMILES string of the molecule is CC(C)N1CCC(CN(C)C)(NC(=O)c2ncccc2F)CC1. The summed E-state index contributed by atoms with van der Waals surface area (Å²) >= 11 is 0. The fourth-order valence-corrected chi connectivity index (χ4v) is 3.25. The van der Waals surface area contributed by atoms with Gasteiger partial charge in [-0.15, -0.1) is 0 Å². The van der Waals surface area contributed by atoms with Crippen molar-refractivity contribution in [3.63, 3.8) is 0 Å². The number of pyridine rings is 1. The van der Waals surface area contributed by atoms with Crippen LogP contribution < -0.4 is 5.32 Å². The molecule has 1 aliphatic heterocycles. The number of rotatable bonds is 5. The molecular weight excluding hydrogens is 295 g/mol. The summed E-state index contributed by atoms with van der Waals surface area (Å²) in [6.45, 7) is 6.95. The number of nitrogens with one attached hydrogen (secondary N) is 1. The summed E-state index contributed by atoms with van der Waals surface area (Å²) in [5, 5.41) is 3.07. The van der Waals surface area contributed by atoms with Crippen molar-refractivity contribution in [1.29, 1.82) is 0 Å². The normalized spacial score (nSPS) is 18.4. The zero-order valence-electron chi connectivity index (χ0n) is 14.5. The lowest BCUT2D eigenvalue weighted by Gasteiger charge is -2.45. The van der Waals surface area contributed by atoms with Gasteiger partial charge in [0.15, 0.2) is 11.5 Å². The Kier molecular flexibility index (Phi) is 5.70. The molecule has 1 amide bonds. The molecule has 0 radical (unpaired) electrons. The highest BCUT2D eigenvalue weighted by atomic mass is 19.1. The Hall–Kier alpha value is -1.53. The van der Waals surface area contributed by atoms with Crippen LogP contribution >= 0.6 is 0 Å². The number of likely N-dealkylation sites (N-methyl/N-ethyl adjacent to an activating group) is 1. The summed E-state index contributed by atoms with van der Waals surface area (Å²) in [6.07, 6.45) is 3.14. The van der Waals surface area contributed by atoms with Crippen molar-refractivity contribution < 1.29 is 9.18 Å². The van der Waals surface area contributed by atoms with Crippen LogP contribution in [-0.2, 0) is 0 Å². The molecule has 0 unspecified atom stereocenters. The number of halogens is 1. The van der Waals surface area contributed by atoms with Gasteiger partial charge < -0.3 is 15.1 Å². The van der Waals surface area contributed by atoms with Crippen LogP contribution in [0.15, 0.2) is 18.3 Å². The van der Waals surface area contributed by atoms with Gasteiger partial charge >= 0.3 is 0 Å². The lowest BCUT2D eigenvalue weighted by atomic mass is 9.86. The first-order valence-corrected chi connectivity index (χ1v) is 8.15. The van der Waals surface area contributed by atoms with Crippen LogP contribution in [0.25, 0.3) is 0 Å². The number of likely N-dealkylation sites (tertiary alicyclic amines) is 1. The molecule has 0 bridgehead atoms. The average Bonchev–Trinajstić information content (AvgIpc) is 2.47. The second-order valence-electron chi connectivity index (χ2n) is 6.94. The highest BCUT2D eigenvalue weighted by Gasteiger charge is 2.37. The van der Waals surface area contributed by atoms with Crippen molar-refractivity contribution in [2.45, 2.75) is 38.3 Å². The predicted molar refractivity (Wildman–Crippen MR) is 88.9 cm³/mol. The number of hydrogen-bond acceptors (Lipinski definition) is 4. The summed E-state index contributed by atoms with van der Waals surface area (Å²) in [5.41, 5.74) is -0.465. The molecule has 0 aliphatic carbocycles. The van der Waals surface area contributed by atoms with Gasteiger partial charge in [-0.05, 0) is 52.9 Å². The van der Waals surface area contributed by atoms with E-state index in [0.717, 1.165) is 32.5 Å². The molecule has 5 nitrogen and oxygen atoms in total. The summed E-state index contributed by atoms with van der Waals surface area (Å²) in [6, 6.07) is 3.25. The molecule has 0 aromatic carbocycles. The van der Waals surface area contributed by atoms with Crippen molar-refractivity contribution >= 4 is 5.91 Å². The Labute approximate surface area is 137 Å². The molecule has 0 saturated carbocycles. The molecule has 0 atom stereocenters. The minimum Gasteiger partial charge on any atom is -0.344 e. The van der Waals surface area contributed by atoms with Gasteiger partial charge in [0.05, 0.1) is 5.54 Å². The summed E-state index contributed by atoms with van der Waals surface area (Å²) in [7, 11) is 3.98. The molecule has 128 valence electrons. The van der Waals surface area contributed by atoms with Crippen LogP contribution in [0.4, 0.5) is 4.39 Å². The fraction of sp³-hybridized carbons (Fsp3) is 0.647. The Morgan fingerprint density at radius 1 is 1.43 bits per heavy atom. The van der Waals surface area contributed by atoms with E-state index < -0.39 is 11.7 Å². The van der Waals surface area contributed by atoms with Crippen LogP contribution in [0.2, 0.25) is 0 Å². The fourth-order valence-electron chi connectivity index (χ4n) is 3.25. The Bertz CT molecular complexity index is 539. The number of carbonyl (C=O) groups is 1. The van der Waals surface area contributed by atoms with Crippen molar-refractivity contribution in [2.75, 3.05) is 33.7 Å². The van der Waals surface area contributed by atoms with E-state index in [-0.39, 0.29) is 11.2 Å². The molecule has 2 rings (SSSR count). The van der Waals surface area contributed by atoms with E-state index >= 15 is 0 Å². The van der Waals surface area contributed by atoms with Crippen LogP contribution in [0.3, 0.4) is 0 Å². The maximum atomic E-state index is 13.8. The third-order valence-electron chi connectivity index (χ3n) is 4.46. The van der Waals surface area contributed by atoms with Gasteiger partial charge in [-0.1, -0.05) is 0 Å². The second kappa shape index (κ2) is 7.36. The average molecular weight is 322 g/mol. The van der Waals surface area contributed by atoms with Crippen LogP contribution in [0.1, 0.15) is 37.2 Å². The van der Waals surface area contributed by atoms with Crippen molar-refractivity contribution in [2.24, 2.45) is 0 Å². The molecule has 0 spiro atoms. The van der Waals surface area contributed by atoms with Gasteiger partial charge in [0.2, 0.25) is 0 Å². The monoisotopic (exact) mass is 322 g/mol. The van der Waals surface area contributed by atoms with Crippen molar-refractivity contribution in [3.05, 3.63) is 29.8 Å². The van der Waals surface area contributed by atoms with E-state index in [9.17, 15) is 9.18 Å². The van der Waals surface area contributed by atoms with Crippen LogP contribution in [-0.4, -0.2) is 66.0 Å². The maximum Gasteiger partial charge on any atom is 0.273 e. The Balaban J connectivity index is 2.13. The van der Waals surface area contributed by atoms with E-state index in [4.69, 9.17) is 0 Å². The van der Waals surface area contributed by atoms with E-state index in [0.29, 0.717) is 6.04 Å². The van der Waals surface area contributed by atoms with Gasteiger partial charge in [-0.2, -0.15) is 0 Å². The van der Waals surface area contributed by atoms with Gasteiger partial charge in [-0.25, -0.2) is 9.37 Å². The van der Waals surface area contributed by atoms with Crippen LogP contribution in [0, 0.1) is 5.82 Å². The molecule has 1 N–H and O–H groups in total. The minimum atomic E-state index is -0.579. The molecule has 1 aliphatic rings. The highest BCUT2D eigenvalue weighted by Crippen LogP contribution is 2.25. The van der Waals surface area contributed by atoms with Gasteiger partial charge in [0.1, 0.15) is 0 Å². The van der Waals surface area contributed by atoms with E-state index in [2.05, 4.69) is 33.9 Å². The number of carbonyl (C=O) groups excluding carboxylic acids is 1. The lowest BCUT2D eigenvalue weighted by Crippen LogP contribution is -2.60. The molecule has 1 aromatic heterocycles. The number of piperidine rings is 1. The highest BCUT2D eigenvalue weighted by molar-refractivity contribution is 5.93. The third kappa shape index (κ3) is 4.48. The van der Waals surface area contributed by atoms with E-state index in [1.54, 1.807) is 0 Å². The first-order chi connectivity index (χ1) is 10.8. The minimum absolute atomic E-state index is 0.128. The number of aromatic nitrogens is 1. The zero-order chi connectivity index (χ0) is 17.0. The van der Waals surface area contributed by atoms with Gasteiger partial charge in [-0.3, -0.25) is 4.79 Å².